The first-order valence-corrected chi connectivity index (χ1v) is 9.60. The zero-order valence-electron chi connectivity index (χ0n) is 12.2. The lowest BCUT2D eigenvalue weighted by Crippen LogP contribution is -3.61. The Morgan fingerprint density at radius 1 is 0.952 bits per heavy atom. The summed E-state index contributed by atoms with van der Waals surface area (Å²) < 4.78 is 18.8. The monoisotopic (exact) mass is 463 g/mol. The molecule has 2 rings (SSSR count). The third-order valence-electron chi connectivity index (χ3n) is 2.95. The second-order valence-electron chi connectivity index (χ2n) is 4.17. The molecule has 0 aliphatic heterocycles. The molecule has 0 spiro atoms. The second kappa shape index (κ2) is 7.89. The number of halogens is 2. The van der Waals surface area contributed by atoms with E-state index < -0.39 is 21.2 Å². The molecule has 0 heterocycles. The molecular formula is C16H17BrIO3+. The van der Waals surface area contributed by atoms with E-state index in [1.165, 1.54) is 9.13 Å². The minimum Gasteiger partial charge on any atom is -0.496 e. The first-order valence-electron chi connectivity index (χ1n) is 6.32. The van der Waals surface area contributed by atoms with Crippen LogP contribution in [0.15, 0.2) is 36.4 Å². The molecule has 0 N–H and O–H groups in total. The molecular weight excluding hydrogens is 447 g/mol. The van der Waals surface area contributed by atoms with Crippen LogP contribution in [-0.2, 0) is 5.33 Å². The number of alkyl halides is 1. The number of methoxy groups -OCH3 is 3. The fraction of sp³-hybridized carbons (Fsp3) is 0.250. The Labute approximate surface area is 144 Å². The van der Waals surface area contributed by atoms with Gasteiger partial charge in [-0.3, -0.25) is 0 Å². The molecule has 0 unspecified atom stereocenters. The number of benzene rings is 2. The van der Waals surface area contributed by atoms with Crippen molar-refractivity contribution in [3.8, 4) is 17.2 Å². The van der Waals surface area contributed by atoms with Gasteiger partial charge in [0.1, 0.15) is 5.75 Å². The van der Waals surface area contributed by atoms with Crippen LogP contribution >= 0.6 is 15.9 Å². The number of hydrogen-bond donors (Lipinski definition) is 0. The van der Waals surface area contributed by atoms with Crippen molar-refractivity contribution in [2.75, 3.05) is 21.3 Å². The van der Waals surface area contributed by atoms with E-state index >= 15 is 0 Å². The van der Waals surface area contributed by atoms with Crippen LogP contribution in [0.1, 0.15) is 5.56 Å². The van der Waals surface area contributed by atoms with Gasteiger partial charge >= 0.3 is 21.2 Å². The van der Waals surface area contributed by atoms with Gasteiger partial charge in [-0.2, -0.15) is 0 Å². The fourth-order valence-electron chi connectivity index (χ4n) is 1.86. The molecule has 0 aliphatic carbocycles. The van der Waals surface area contributed by atoms with E-state index in [1.807, 2.05) is 12.1 Å². The molecule has 0 amide bonds. The van der Waals surface area contributed by atoms with Crippen LogP contribution in [0.2, 0.25) is 0 Å². The first-order chi connectivity index (χ1) is 10.2. The van der Waals surface area contributed by atoms with Gasteiger partial charge in [0.25, 0.3) is 3.57 Å². The lowest BCUT2D eigenvalue weighted by molar-refractivity contribution is -0.599. The molecule has 2 aromatic rings. The molecule has 2 aromatic carbocycles. The zero-order valence-corrected chi connectivity index (χ0v) is 15.9. The maximum atomic E-state index is 5.53. The molecule has 0 saturated carbocycles. The molecule has 0 saturated heterocycles. The summed E-state index contributed by atoms with van der Waals surface area (Å²) in [6.45, 7) is 0. The van der Waals surface area contributed by atoms with Crippen LogP contribution in [0.3, 0.4) is 0 Å². The van der Waals surface area contributed by atoms with E-state index in [0.29, 0.717) is 0 Å². The molecule has 0 aliphatic rings. The Bertz CT molecular complexity index is 591. The molecule has 0 radical (unpaired) electrons. The third-order valence-corrected chi connectivity index (χ3v) is 6.79. The second-order valence-corrected chi connectivity index (χ2v) is 7.51. The van der Waals surface area contributed by atoms with Crippen LogP contribution in [0.5, 0.6) is 17.2 Å². The minimum atomic E-state index is -0.409. The molecule has 0 bridgehead atoms. The molecule has 3 nitrogen and oxygen atoms in total. The maximum Gasteiger partial charge on any atom is 0.366 e. The lowest BCUT2D eigenvalue weighted by Gasteiger charge is -2.08. The standard InChI is InChI=1S/C16H17BrIO3/c1-19-12-8-14(20-2)16(15(9-12)21-3)18-13-7-5-4-6-11(13)10-17/h4-9H,10H2,1-3H3/q+1. The van der Waals surface area contributed by atoms with Gasteiger partial charge in [-0.05, 0) is 6.07 Å². The van der Waals surface area contributed by atoms with Gasteiger partial charge < -0.3 is 14.2 Å². The minimum absolute atomic E-state index is 0.409. The summed E-state index contributed by atoms with van der Waals surface area (Å²) in [5.74, 6) is 2.39. The van der Waals surface area contributed by atoms with Crippen LogP contribution in [-0.4, -0.2) is 21.3 Å². The van der Waals surface area contributed by atoms with Crippen molar-refractivity contribution in [3.05, 3.63) is 49.1 Å². The zero-order chi connectivity index (χ0) is 15.2. The van der Waals surface area contributed by atoms with Crippen molar-refractivity contribution in [3.63, 3.8) is 0 Å². The summed E-state index contributed by atoms with van der Waals surface area (Å²) in [4.78, 5) is 0. The highest BCUT2D eigenvalue weighted by Gasteiger charge is 2.29. The Balaban J connectivity index is 2.47. The predicted molar refractivity (Wildman–Crippen MR) is 82.6 cm³/mol. The predicted octanol–water partition coefficient (Wildman–Crippen LogP) is 0.736. The Morgan fingerprint density at radius 2 is 1.57 bits per heavy atom. The van der Waals surface area contributed by atoms with Crippen LogP contribution in [0.25, 0.3) is 0 Å². The van der Waals surface area contributed by atoms with E-state index in [2.05, 4.69) is 40.2 Å². The van der Waals surface area contributed by atoms with Gasteiger partial charge in [-0.25, -0.2) is 0 Å². The van der Waals surface area contributed by atoms with Crippen LogP contribution in [0.4, 0.5) is 0 Å². The van der Waals surface area contributed by atoms with E-state index in [0.717, 1.165) is 26.1 Å². The van der Waals surface area contributed by atoms with Crippen LogP contribution in [0, 0.1) is 7.14 Å². The summed E-state index contributed by atoms with van der Waals surface area (Å²) >= 11 is 3.14. The number of ether oxygens (including phenoxy) is 3. The molecule has 21 heavy (non-hydrogen) atoms. The molecule has 0 fully saturated rings. The first kappa shape index (κ1) is 16.4. The smallest absolute Gasteiger partial charge is 0.366 e. The summed E-state index contributed by atoms with van der Waals surface area (Å²) in [5, 5.41) is 0.851. The van der Waals surface area contributed by atoms with Crippen molar-refractivity contribution in [1.29, 1.82) is 0 Å². The lowest BCUT2D eigenvalue weighted by atomic mass is 10.2. The van der Waals surface area contributed by atoms with Gasteiger partial charge in [0.2, 0.25) is 0 Å². The SMILES string of the molecule is COc1cc(OC)c([I+]c2ccccc2CBr)c(OC)c1. The average Bonchev–Trinajstić information content (AvgIpc) is 2.55. The van der Waals surface area contributed by atoms with Crippen molar-refractivity contribution >= 4 is 15.9 Å². The van der Waals surface area contributed by atoms with Gasteiger partial charge in [-0.15, -0.1) is 0 Å². The normalized spacial score (nSPS) is 10.3. The van der Waals surface area contributed by atoms with Crippen molar-refractivity contribution in [1.82, 2.24) is 0 Å². The summed E-state index contributed by atoms with van der Waals surface area (Å²) in [6.07, 6.45) is 0. The highest BCUT2D eigenvalue weighted by molar-refractivity contribution is 9.08. The topological polar surface area (TPSA) is 27.7 Å². The van der Waals surface area contributed by atoms with Crippen molar-refractivity contribution < 1.29 is 35.4 Å². The molecule has 0 atom stereocenters. The number of rotatable bonds is 6. The summed E-state index contributed by atoms with van der Waals surface area (Å²) in [7, 11) is 5.00. The van der Waals surface area contributed by atoms with Crippen LogP contribution < -0.4 is 35.4 Å². The fourth-order valence-corrected chi connectivity index (χ4v) is 5.84. The Hall–Kier alpha value is -0.950. The van der Waals surface area contributed by atoms with Gasteiger partial charge in [0, 0.05) is 23.0 Å². The van der Waals surface area contributed by atoms with E-state index in [9.17, 15) is 0 Å². The third kappa shape index (κ3) is 3.83. The summed E-state index contributed by atoms with van der Waals surface area (Å²) in [5.41, 5.74) is 1.31. The molecule has 112 valence electrons. The van der Waals surface area contributed by atoms with Gasteiger partial charge in [-0.1, -0.05) is 34.1 Å². The Kier molecular flexibility index (Phi) is 6.17. The molecule has 0 aromatic heterocycles. The van der Waals surface area contributed by atoms with Crippen molar-refractivity contribution in [2.24, 2.45) is 0 Å². The highest BCUT2D eigenvalue weighted by atomic mass is 127. The highest BCUT2D eigenvalue weighted by Crippen LogP contribution is 2.27. The average molecular weight is 464 g/mol. The van der Waals surface area contributed by atoms with Crippen molar-refractivity contribution in [2.45, 2.75) is 5.33 Å². The largest absolute Gasteiger partial charge is 0.496 e. The number of hydrogen-bond acceptors (Lipinski definition) is 3. The Morgan fingerprint density at radius 3 is 2.10 bits per heavy atom. The quantitative estimate of drug-likeness (QED) is 0.467. The van der Waals surface area contributed by atoms with E-state index in [4.69, 9.17) is 14.2 Å². The van der Waals surface area contributed by atoms with Gasteiger partial charge in [0.15, 0.2) is 15.1 Å². The van der Waals surface area contributed by atoms with E-state index in [-0.39, 0.29) is 0 Å². The van der Waals surface area contributed by atoms with Gasteiger partial charge in [0.05, 0.1) is 21.3 Å². The molecule has 5 heteroatoms. The van der Waals surface area contributed by atoms with E-state index in [1.54, 1.807) is 21.3 Å². The maximum absolute atomic E-state index is 5.53. The summed E-state index contributed by atoms with van der Waals surface area (Å²) in [6, 6.07) is 12.3.